The van der Waals surface area contributed by atoms with Gasteiger partial charge in [-0.15, -0.1) is 0 Å². The minimum Gasteiger partial charge on any atom is -0.353 e. The molecule has 0 bridgehead atoms. The molecule has 0 amide bonds. The molecule has 0 aromatic carbocycles. The second-order valence-corrected chi connectivity index (χ2v) is 3.78. The standard InChI is InChI=1S/C8H16N2S/c1-2-3-4-5-10-6-7-11-8(10)9/h6-8H,2-5,9H2,1H3. The molecule has 0 radical (unpaired) electrons. The first-order valence-corrected chi connectivity index (χ1v) is 5.12. The van der Waals surface area contributed by atoms with Gasteiger partial charge in [0, 0.05) is 12.7 Å². The Morgan fingerprint density at radius 2 is 2.36 bits per heavy atom. The van der Waals surface area contributed by atoms with E-state index in [9.17, 15) is 0 Å². The van der Waals surface area contributed by atoms with E-state index in [4.69, 9.17) is 5.73 Å². The predicted octanol–water partition coefficient (Wildman–Crippen LogP) is 1.94. The fraction of sp³-hybridized carbons (Fsp3) is 0.750. The number of thioether (sulfide) groups is 1. The van der Waals surface area contributed by atoms with Crippen LogP contribution in [-0.4, -0.2) is 16.9 Å². The second kappa shape index (κ2) is 4.67. The molecule has 0 aromatic rings. The van der Waals surface area contributed by atoms with Crippen LogP contribution in [-0.2, 0) is 0 Å². The maximum atomic E-state index is 5.79. The van der Waals surface area contributed by atoms with Gasteiger partial charge in [0.15, 0.2) is 0 Å². The Balaban J connectivity index is 2.10. The molecule has 2 nitrogen and oxygen atoms in total. The molecule has 0 aromatic heterocycles. The zero-order chi connectivity index (χ0) is 8.10. The third kappa shape index (κ3) is 2.75. The number of hydrogen-bond donors (Lipinski definition) is 1. The minimum absolute atomic E-state index is 0.173. The van der Waals surface area contributed by atoms with E-state index in [0.717, 1.165) is 6.54 Å². The third-order valence-corrected chi connectivity index (χ3v) is 2.65. The van der Waals surface area contributed by atoms with Gasteiger partial charge < -0.3 is 10.6 Å². The average Bonchev–Trinajstić information content (AvgIpc) is 2.37. The van der Waals surface area contributed by atoms with Gasteiger partial charge in [0.1, 0.15) is 5.50 Å². The molecule has 11 heavy (non-hydrogen) atoms. The van der Waals surface area contributed by atoms with Crippen molar-refractivity contribution in [2.24, 2.45) is 5.73 Å². The average molecular weight is 172 g/mol. The van der Waals surface area contributed by atoms with Crippen molar-refractivity contribution in [1.29, 1.82) is 0 Å². The van der Waals surface area contributed by atoms with Gasteiger partial charge in [-0.2, -0.15) is 0 Å². The molecule has 1 heterocycles. The lowest BCUT2D eigenvalue weighted by Gasteiger charge is -2.20. The minimum atomic E-state index is 0.173. The maximum absolute atomic E-state index is 5.79. The van der Waals surface area contributed by atoms with Gasteiger partial charge in [0.2, 0.25) is 0 Å². The van der Waals surface area contributed by atoms with Crippen LogP contribution in [0.3, 0.4) is 0 Å². The highest BCUT2D eigenvalue weighted by atomic mass is 32.2. The van der Waals surface area contributed by atoms with E-state index in [1.54, 1.807) is 11.8 Å². The fourth-order valence-corrected chi connectivity index (χ4v) is 1.82. The van der Waals surface area contributed by atoms with E-state index in [2.05, 4.69) is 23.4 Å². The molecule has 0 saturated heterocycles. The van der Waals surface area contributed by atoms with Gasteiger partial charge in [-0.25, -0.2) is 0 Å². The van der Waals surface area contributed by atoms with Crippen LogP contribution < -0.4 is 5.73 Å². The van der Waals surface area contributed by atoms with E-state index in [1.807, 2.05) is 0 Å². The number of unbranched alkanes of at least 4 members (excludes halogenated alkanes) is 2. The lowest BCUT2D eigenvalue weighted by atomic mass is 10.2. The number of nitrogens with two attached hydrogens (primary N) is 1. The van der Waals surface area contributed by atoms with Crippen molar-refractivity contribution in [2.75, 3.05) is 6.54 Å². The molecule has 1 atom stereocenters. The van der Waals surface area contributed by atoms with Gasteiger partial charge in [-0.1, -0.05) is 31.5 Å². The molecule has 1 aliphatic rings. The second-order valence-electron chi connectivity index (χ2n) is 2.76. The van der Waals surface area contributed by atoms with Crippen LogP contribution >= 0.6 is 11.8 Å². The van der Waals surface area contributed by atoms with E-state index < -0.39 is 0 Å². The highest BCUT2D eigenvalue weighted by Crippen LogP contribution is 2.20. The molecule has 1 rings (SSSR count). The van der Waals surface area contributed by atoms with Crippen LogP contribution in [0.15, 0.2) is 11.6 Å². The summed E-state index contributed by atoms with van der Waals surface area (Å²) in [5.41, 5.74) is 5.96. The lowest BCUT2D eigenvalue weighted by Crippen LogP contribution is -2.32. The van der Waals surface area contributed by atoms with E-state index in [0.29, 0.717) is 0 Å². The Labute approximate surface area is 72.8 Å². The summed E-state index contributed by atoms with van der Waals surface area (Å²) >= 11 is 1.69. The Morgan fingerprint density at radius 3 is 2.91 bits per heavy atom. The first kappa shape index (κ1) is 8.94. The summed E-state index contributed by atoms with van der Waals surface area (Å²) in [5.74, 6) is 0. The van der Waals surface area contributed by atoms with Crippen LogP contribution in [0.2, 0.25) is 0 Å². The zero-order valence-corrected chi connectivity index (χ0v) is 7.81. The first-order chi connectivity index (χ1) is 5.34. The van der Waals surface area contributed by atoms with Crippen molar-refractivity contribution in [3.8, 4) is 0 Å². The molecular weight excluding hydrogens is 156 g/mol. The van der Waals surface area contributed by atoms with Crippen LogP contribution in [0, 0.1) is 0 Å². The highest BCUT2D eigenvalue weighted by molar-refractivity contribution is 8.02. The monoisotopic (exact) mass is 172 g/mol. The molecular formula is C8H16N2S. The van der Waals surface area contributed by atoms with Crippen LogP contribution in [0.5, 0.6) is 0 Å². The molecule has 0 fully saturated rings. The van der Waals surface area contributed by atoms with Crippen LogP contribution in [0.1, 0.15) is 26.2 Å². The molecule has 1 aliphatic heterocycles. The summed E-state index contributed by atoms with van der Waals surface area (Å²) in [5, 5.41) is 2.07. The summed E-state index contributed by atoms with van der Waals surface area (Å²) in [6.07, 6.45) is 5.93. The van der Waals surface area contributed by atoms with Crippen molar-refractivity contribution in [3.05, 3.63) is 11.6 Å². The number of hydrogen-bond acceptors (Lipinski definition) is 3. The topological polar surface area (TPSA) is 29.3 Å². The summed E-state index contributed by atoms with van der Waals surface area (Å²) in [4.78, 5) is 2.19. The van der Waals surface area contributed by atoms with Crippen LogP contribution in [0.4, 0.5) is 0 Å². The number of rotatable bonds is 4. The van der Waals surface area contributed by atoms with Crippen molar-refractivity contribution in [1.82, 2.24) is 4.90 Å². The molecule has 1 unspecified atom stereocenters. The SMILES string of the molecule is CCCCCN1C=CSC1N. The van der Waals surface area contributed by atoms with Crippen molar-refractivity contribution in [3.63, 3.8) is 0 Å². The molecule has 3 heteroatoms. The van der Waals surface area contributed by atoms with Crippen molar-refractivity contribution >= 4 is 11.8 Å². The quantitative estimate of drug-likeness (QED) is 0.657. The summed E-state index contributed by atoms with van der Waals surface area (Å²) in [6, 6.07) is 0. The summed E-state index contributed by atoms with van der Waals surface area (Å²) in [6.45, 7) is 3.33. The smallest absolute Gasteiger partial charge is 0.129 e. The Bertz CT molecular complexity index is 136. The van der Waals surface area contributed by atoms with Crippen molar-refractivity contribution < 1.29 is 0 Å². The zero-order valence-electron chi connectivity index (χ0n) is 6.99. The molecule has 0 aliphatic carbocycles. The van der Waals surface area contributed by atoms with Gasteiger partial charge in [-0.05, 0) is 11.8 Å². The van der Waals surface area contributed by atoms with Gasteiger partial charge >= 0.3 is 0 Å². The van der Waals surface area contributed by atoms with Gasteiger partial charge in [0.05, 0.1) is 0 Å². The Hall–Kier alpha value is -0.150. The summed E-state index contributed by atoms with van der Waals surface area (Å²) in [7, 11) is 0. The van der Waals surface area contributed by atoms with E-state index >= 15 is 0 Å². The molecule has 0 saturated carbocycles. The molecule has 0 spiro atoms. The fourth-order valence-electron chi connectivity index (χ4n) is 1.10. The lowest BCUT2D eigenvalue weighted by molar-refractivity contribution is 0.356. The Kier molecular flexibility index (Phi) is 3.80. The predicted molar refractivity (Wildman–Crippen MR) is 50.9 cm³/mol. The molecule has 2 N–H and O–H groups in total. The Morgan fingerprint density at radius 1 is 1.55 bits per heavy atom. The van der Waals surface area contributed by atoms with Gasteiger partial charge in [0.25, 0.3) is 0 Å². The van der Waals surface area contributed by atoms with E-state index in [-0.39, 0.29) is 5.50 Å². The van der Waals surface area contributed by atoms with E-state index in [1.165, 1.54) is 19.3 Å². The number of nitrogens with zero attached hydrogens (tertiary/aromatic N) is 1. The normalized spacial score (nSPS) is 23.1. The largest absolute Gasteiger partial charge is 0.353 e. The molecule has 64 valence electrons. The van der Waals surface area contributed by atoms with Crippen LogP contribution in [0.25, 0.3) is 0 Å². The first-order valence-electron chi connectivity index (χ1n) is 4.18. The summed E-state index contributed by atoms with van der Waals surface area (Å²) < 4.78 is 0. The highest BCUT2D eigenvalue weighted by Gasteiger charge is 2.13. The van der Waals surface area contributed by atoms with Gasteiger partial charge in [-0.3, -0.25) is 0 Å². The third-order valence-electron chi connectivity index (χ3n) is 1.82. The maximum Gasteiger partial charge on any atom is 0.129 e. The van der Waals surface area contributed by atoms with Crippen molar-refractivity contribution in [2.45, 2.75) is 31.7 Å².